The van der Waals surface area contributed by atoms with E-state index in [0.717, 1.165) is 12.2 Å². The first-order valence-electron chi connectivity index (χ1n) is 6.16. The van der Waals surface area contributed by atoms with E-state index in [9.17, 15) is 0 Å². The summed E-state index contributed by atoms with van der Waals surface area (Å²) in [6.07, 6.45) is 0. The van der Waals surface area contributed by atoms with Crippen LogP contribution in [0, 0.1) is 0 Å². The molecule has 0 radical (unpaired) electrons. The minimum absolute atomic E-state index is 0.365. The Morgan fingerprint density at radius 1 is 1.18 bits per heavy atom. The number of benzene rings is 1. The fourth-order valence-corrected chi connectivity index (χ4v) is 2.19. The summed E-state index contributed by atoms with van der Waals surface area (Å²) in [5.74, 6) is 0. The minimum Gasteiger partial charge on any atom is -0.383 e. The Bertz CT molecular complexity index is 321. The smallest absolute Gasteiger partial charge is 0.0663 e. The van der Waals surface area contributed by atoms with Gasteiger partial charge in [-0.3, -0.25) is 0 Å². The molecule has 17 heavy (non-hydrogen) atoms. The Morgan fingerprint density at radius 2 is 1.76 bits per heavy atom. The maximum atomic E-state index is 5.61. The molecule has 0 spiro atoms. The lowest BCUT2D eigenvalue weighted by molar-refractivity contribution is 0.179. The number of ether oxygens (including phenoxy) is 1. The van der Waals surface area contributed by atoms with Gasteiger partial charge >= 0.3 is 0 Å². The number of hydrogen-bond acceptors (Lipinski definition) is 3. The van der Waals surface area contributed by atoms with Crippen molar-refractivity contribution in [2.24, 2.45) is 5.73 Å². The minimum atomic E-state index is 0.365. The van der Waals surface area contributed by atoms with Crippen LogP contribution in [0.1, 0.15) is 26.3 Å². The summed E-state index contributed by atoms with van der Waals surface area (Å²) < 4.78 is 5.24. The highest BCUT2D eigenvalue weighted by molar-refractivity contribution is 5.49. The van der Waals surface area contributed by atoms with Gasteiger partial charge in [-0.25, -0.2) is 0 Å². The summed E-state index contributed by atoms with van der Waals surface area (Å²) >= 11 is 0. The molecule has 0 heterocycles. The third kappa shape index (κ3) is 3.72. The van der Waals surface area contributed by atoms with Gasteiger partial charge in [-0.05, 0) is 38.5 Å². The van der Waals surface area contributed by atoms with Crippen LogP contribution in [0.2, 0.25) is 0 Å². The fourth-order valence-electron chi connectivity index (χ4n) is 2.19. The largest absolute Gasteiger partial charge is 0.383 e. The second-order valence-electron chi connectivity index (χ2n) is 4.68. The van der Waals surface area contributed by atoms with Crippen molar-refractivity contribution in [3.63, 3.8) is 0 Å². The molecule has 0 aromatic heterocycles. The molecule has 0 fully saturated rings. The third-order valence-electron chi connectivity index (χ3n) is 2.91. The predicted molar refractivity (Wildman–Crippen MR) is 73.3 cm³/mol. The Balaban J connectivity index is 2.89. The molecule has 3 heteroatoms. The zero-order chi connectivity index (χ0) is 12.8. The van der Waals surface area contributed by atoms with Crippen molar-refractivity contribution in [1.29, 1.82) is 0 Å². The lowest BCUT2D eigenvalue weighted by atomic mass is 10.1. The van der Waals surface area contributed by atoms with Gasteiger partial charge in [0.15, 0.2) is 0 Å². The van der Waals surface area contributed by atoms with Gasteiger partial charge < -0.3 is 15.4 Å². The maximum Gasteiger partial charge on any atom is 0.0663 e. The highest BCUT2D eigenvalue weighted by Gasteiger charge is 2.17. The summed E-state index contributed by atoms with van der Waals surface area (Å²) in [6, 6.07) is 9.25. The molecule has 3 nitrogen and oxygen atoms in total. The molecule has 0 amide bonds. The molecule has 1 aromatic carbocycles. The SMILES string of the molecule is COCC(C)N(c1ccc(CN)cc1)C(C)C. The zero-order valence-corrected chi connectivity index (χ0v) is 11.3. The van der Waals surface area contributed by atoms with Crippen LogP contribution in [0.3, 0.4) is 0 Å². The third-order valence-corrected chi connectivity index (χ3v) is 2.91. The molecule has 96 valence electrons. The van der Waals surface area contributed by atoms with Gasteiger partial charge in [-0.2, -0.15) is 0 Å². The summed E-state index contributed by atoms with van der Waals surface area (Å²) in [4.78, 5) is 2.36. The van der Waals surface area contributed by atoms with Crippen LogP contribution in [0.4, 0.5) is 5.69 Å². The van der Waals surface area contributed by atoms with Gasteiger partial charge in [0.05, 0.1) is 6.61 Å². The van der Waals surface area contributed by atoms with Crippen LogP contribution < -0.4 is 10.6 Å². The molecule has 2 N–H and O–H groups in total. The molecular weight excluding hydrogens is 212 g/mol. The summed E-state index contributed by atoms with van der Waals surface area (Å²) in [7, 11) is 1.74. The van der Waals surface area contributed by atoms with Crippen LogP contribution in [0.5, 0.6) is 0 Å². The average Bonchev–Trinajstić information content (AvgIpc) is 2.30. The quantitative estimate of drug-likeness (QED) is 0.824. The molecule has 1 atom stereocenters. The van der Waals surface area contributed by atoms with E-state index in [0.29, 0.717) is 18.6 Å². The van der Waals surface area contributed by atoms with Crippen LogP contribution in [-0.4, -0.2) is 25.8 Å². The zero-order valence-electron chi connectivity index (χ0n) is 11.3. The molecule has 0 aliphatic rings. The summed E-state index contributed by atoms with van der Waals surface area (Å²) in [5.41, 5.74) is 8.00. The van der Waals surface area contributed by atoms with Gasteiger partial charge in [0, 0.05) is 31.4 Å². The van der Waals surface area contributed by atoms with Crippen LogP contribution in [0.25, 0.3) is 0 Å². The number of nitrogens with zero attached hydrogens (tertiary/aromatic N) is 1. The molecule has 1 rings (SSSR count). The van der Waals surface area contributed by atoms with Crippen LogP contribution >= 0.6 is 0 Å². The average molecular weight is 236 g/mol. The highest BCUT2D eigenvalue weighted by Crippen LogP contribution is 2.20. The molecule has 0 saturated carbocycles. The molecule has 0 aliphatic carbocycles. The van der Waals surface area contributed by atoms with E-state index >= 15 is 0 Å². The monoisotopic (exact) mass is 236 g/mol. The molecular formula is C14H24N2O. The second kappa shape index (κ2) is 6.62. The first-order chi connectivity index (χ1) is 8.10. The van der Waals surface area contributed by atoms with Gasteiger partial charge in [-0.1, -0.05) is 12.1 Å². The Kier molecular flexibility index (Phi) is 5.45. The first kappa shape index (κ1) is 14.0. The van der Waals surface area contributed by atoms with Gasteiger partial charge in [-0.15, -0.1) is 0 Å². The lowest BCUT2D eigenvalue weighted by Gasteiger charge is -2.34. The Morgan fingerprint density at radius 3 is 2.18 bits per heavy atom. The molecule has 1 unspecified atom stereocenters. The fraction of sp³-hybridized carbons (Fsp3) is 0.571. The Labute approximate surface area is 105 Å². The van der Waals surface area contributed by atoms with Gasteiger partial charge in [0.1, 0.15) is 0 Å². The molecule has 0 bridgehead atoms. The van der Waals surface area contributed by atoms with E-state index in [4.69, 9.17) is 10.5 Å². The Hall–Kier alpha value is -1.06. The van der Waals surface area contributed by atoms with Crippen LogP contribution in [0.15, 0.2) is 24.3 Å². The maximum absolute atomic E-state index is 5.61. The number of hydrogen-bond donors (Lipinski definition) is 1. The van der Waals surface area contributed by atoms with Crippen molar-refractivity contribution in [3.8, 4) is 0 Å². The van der Waals surface area contributed by atoms with Gasteiger partial charge in [0.25, 0.3) is 0 Å². The predicted octanol–water partition coefficient (Wildman–Crippen LogP) is 2.40. The number of nitrogens with two attached hydrogens (primary N) is 1. The van der Waals surface area contributed by atoms with E-state index in [1.54, 1.807) is 7.11 Å². The van der Waals surface area contributed by atoms with Crippen molar-refractivity contribution < 1.29 is 4.74 Å². The van der Waals surface area contributed by atoms with E-state index in [2.05, 4.69) is 49.9 Å². The van der Waals surface area contributed by atoms with Crippen molar-refractivity contribution in [3.05, 3.63) is 29.8 Å². The van der Waals surface area contributed by atoms with Crippen molar-refractivity contribution in [2.75, 3.05) is 18.6 Å². The normalized spacial score (nSPS) is 12.8. The molecule has 1 aromatic rings. The molecule has 0 saturated heterocycles. The number of rotatable bonds is 6. The summed E-state index contributed by atoms with van der Waals surface area (Å²) in [5, 5.41) is 0. The van der Waals surface area contributed by atoms with Crippen molar-refractivity contribution in [2.45, 2.75) is 39.4 Å². The van der Waals surface area contributed by atoms with E-state index in [1.807, 2.05) is 0 Å². The molecule has 0 aliphatic heterocycles. The van der Waals surface area contributed by atoms with E-state index in [1.165, 1.54) is 5.69 Å². The van der Waals surface area contributed by atoms with Crippen molar-refractivity contribution in [1.82, 2.24) is 0 Å². The number of methoxy groups -OCH3 is 1. The van der Waals surface area contributed by atoms with Gasteiger partial charge in [0.2, 0.25) is 0 Å². The first-order valence-corrected chi connectivity index (χ1v) is 6.16. The topological polar surface area (TPSA) is 38.5 Å². The highest BCUT2D eigenvalue weighted by atomic mass is 16.5. The standard InChI is InChI=1S/C14H24N2O/c1-11(2)16(12(3)10-17-4)14-7-5-13(9-15)6-8-14/h5-8,11-12H,9-10,15H2,1-4H3. The number of anilines is 1. The van der Waals surface area contributed by atoms with Crippen molar-refractivity contribution >= 4 is 5.69 Å². The summed E-state index contributed by atoms with van der Waals surface area (Å²) in [6.45, 7) is 7.90. The second-order valence-corrected chi connectivity index (χ2v) is 4.68. The lowest BCUT2D eigenvalue weighted by Crippen LogP contribution is -2.41. The van der Waals surface area contributed by atoms with E-state index in [-0.39, 0.29) is 0 Å². The van der Waals surface area contributed by atoms with Crippen LogP contribution in [-0.2, 0) is 11.3 Å². The van der Waals surface area contributed by atoms with E-state index < -0.39 is 0 Å².